The Morgan fingerprint density at radius 2 is 1.70 bits per heavy atom. The lowest BCUT2D eigenvalue weighted by molar-refractivity contribution is -0.145. The lowest BCUT2D eigenvalue weighted by Gasteiger charge is -2.31. The van der Waals surface area contributed by atoms with Gasteiger partial charge in [-0.3, -0.25) is 24.6 Å². The largest absolute Gasteiger partial charge is 0.324 e. The highest BCUT2D eigenvalue weighted by molar-refractivity contribution is 6.15. The van der Waals surface area contributed by atoms with Crippen LogP contribution < -0.4 is 10.6 Å². The first-order valence-electron chi connectivity index (χ1n) is 10.6. The first kappa shape index (κ1) is 19.0. The second kappa shape index (κ2) is 6.77. The van der Waals surface area contributed by atoms with E-state index in [0.717, 1.165) is 11.1 Å². The van der Waals surface area contributed by atoms with Gasteiger partial charge in [-0.1, -0.05) is 55.5 Å². The van der Waals surface area contributed by atoms with Crippen LogP contribution in [0.15, 0.2) is 54.6 Å². The number of fused-ring (bicyclic) bond motifs is 4. The average molecular weight is 403 g/mol. The van der Waals surface area contributed by atoms with Crippen LogP contribution in [0.3, 0.4) is 0 Å². The van der Waals surface area contributed by atoms with Crippen molar-refractivity contribution in [3.05, 3.63) is 65.7 Å². The van der Waals surface area contributed by atoms with Crippen LogP contribution in [-0.4, -0.2) is 34.7 Å². The number of carbonyl (C=O) groups is 3. The molecule has 6 nitrogen and oxygen atoms in total. The van der Waals surface area contributed by atoms with Gasteiger partial charge < -0.3 is 5.32 Å². The molecule has 0 saturated carbocycles. The molecule has 5 atom stereocenters. The predicted molar refractivity (Wildman–Crippen MR) is 112 cm³/mol. The Balaban J connectivity index is 1.64. The number of imide groups is 1. The molecule has 2 fully saturated rings. The molecule has 2 aromatic rings. The summed E-state index contributed by atoms with van der Waals surface area (Å²) < 4.78 is 0. The van der Waals surface area contributed by atoms with Crippen LogP contribution in [0, 0.1) is 11.8 Å². The van der Waals surface area contributed by atoms with Gasteiger partial charge in [0.25, 0.3) is 0 Å². The number of nitrogens with zero attached hydrogens (tertiary/aromatic N) is 1. The minimum absolute atomic E-state index is 0.165. The number of likely N-dealkylation sites (tertiary alicyclic amines) is 1. The first-order valence-corrected chi connectivity index (χ1v) is 10.6. The quantitative estimate of drug-likeness (QED) is 0.769. The van der Waals surface area contributed by atoms with Gasteiger partial charge in [0.2, 0.25) is 17.7 Å². The minimum Gasteiger partial charge on any atom is -0.324 e. The van der Waals surface area contributed by atoms with Crippen molar-refractivity contribution in [2.24, 2.45) is 11.8 Å². The molecule has 3 aliphatic heterocycles. The van der Waals surface area contributed by atoms with Gasteiger partial charge in [0.1, 0.15) is 5.54 Å². The average Bonchev–Trinajstić information content (AvgIpc) is 3.33. The van der Waals surface area contributed by atoms with Crippen molar-refractivity contribution in [1.82, 2.24) is 10.2 Å². The van der Waals surface area contributed by atoms with Gasteiger partial charge in [0, 0.05) is 23.3 Å². The van der Waals surface area contributed by atoms with Crippen LogP contribution in [0.4, 0.5) is 5.69 Å². The van der Waals surface area contributed by atoms with E-state index >= 15 is 0 Å². The van der Waals surface area contributed by atoms with E-state index in [2.05, 4.69) is 10.6 Å². The van der Waals surface area contributed by atoms with Crippen molar-refractivity contribution < 1.29 is 14.4 Å². The molecule has 3 heterocycles. The SMILES string of the molecule is CC[C@@H](C)N1C(=O)[C@H]2[C@@H](C1=O)[C@]1(N[C@@H]2Cc2ccccc2)C(=O)Nc2ccccc21. The Morgan fingerprint density at radius 1 is 1.00 bits per heavy atom. The number of para-hydroxylation sites is 1. The summed E-state index contributed by atoms with van der Waals surface area (Å²) in [7, 11) is 0. The van der Waals surface area contributed by atoms with Crippen molar-refractivity contribution in [3.8, 4) is 0 Å². The molecule has 2 aromatic carbocycles. The first-order chi connectivity index (χ1) is 14.5. The summed E-state index contributed by atoms with van der Waals surface area (Å²) >= 11 is 0. The summed E-state index contributed by atoms with van der Waals surface area (Å²) in [4.78, 5) is 41.8. The Labute approximate surface area is 175 Å². The Bertz CT molecular complexity index is 1040. The van der Waals surface area contributed by atoms with Gasteiger partial charge in [-0.15, -0.1) is 0 Å². The number of nitrogens with one attached hydrogen (secondary N) is 2. The van der Waals surface area contributed by atoms with Gasteiger partial charge in [-0.25, -0.2) is 0 Å². The molecular formula is C24H25N3O3. The van der Waals surface area contributed by atoms with E-state index in [-0.39, 0.29) is 29.8 Å². The fraction of sp³-hybridized carbons (Fsp3) is 0.375. The van der Waals surface area contributed by atoms with E-state index in [0.29, 0.717) is 18.5 Å². The van der Waals surface area contributed by atoms with Crippen molar-refractivity contribution in [1.29, 1.82) is 0 Å². The van der Waals surface area contributed by atoms with Crippen LogP contribution in [0.2, 0.25) is 0 Å². The molecular weight excluding hydrogens is 378 g/mol. The summed E-state index contributed by atoms with van der Waals surface area (Å²) in [6, 6.07) is 16.9. The van der Waals surface area contributed by atoms with Crippen LogP contribution in [0.5, 0.6) is 0 Å². The molecule has 3 amide bonds. The van der Waals surface area contributed by atoms with Gasteiger partial charge in [0.05, 0.1) is 11.8 Å². The van der Waals surface area contributed by atoms with Gasteiger partial charge in [-0.2, -0.15) is 0 Å². The number of anilines is 1. The molecule has 30 heavy (non-hydrogen) atoms. The topological polar surface area (TPSA) is 78.5 Å². The van der Waals surface area contributed by atoms with E-state index in [1.54, 1.807) is 0 Å². The lowest BCUT2D eigenvalue weighted by atomic mass is 9.76. The van der Waals surface area contributed by atoms with Crippen molar-refractivity contribution >= 4 is 23.4 Å². The fourth-order valence-electron chi connectivity index (χ4n) is 5.44. The van der Waals surface area contributed by atoms with Gasteiger partial charge in [-0.05, 0) is 31.4 Å². The number of rotatable bonds is 4. The fourth-order valence-corrected chi connectivity index (χ4v) is 5.44. The zero-order valence-electron chi connectivity index (χ0n) is 17.1. The summed E-state index contributed by atoms with van der Waals surface area (Å²) in [5.74, 6) is -1.96. The number of benzene rings is 2. The van der Waals surface area contributed by atoms with E-state index < -0.39 is 17.4 Å². The lowest BCUT2D eigenvalue weighted by Crippen LogP contribution is -2.54. The molecule has 2 saturated heterocycles. The standard InChI is InChI=1S/C24H25N3O3/c1-3-14(2)27-21(28)19-18(13-15-9-5-4-6-10-15)26-24(20(19)22(27)29)16-11-7-8-12-17(16)25-23(24)30/h4-12,14,18-20,26H,3,13H2,1-2H3,(H,25,30)/t14-,18-,19-,20+,24+/m1/s1. The third-order valence-corrected chi connectivity index (χ3v) is 6.99. The molecule has 6 heteroatoms. The van der Waals surface area contributed by atoms with Crippen LogP contribution in [0.1, 0.15) is 31.4 Å². The maximum absolute atomic E-state index is 13.6. The summed E-state index contributed by atoms with van der Waals surface area (Å²) in [5, 5.41) is 6.42. The molecule has 0 aromatic heterocycles. The highest BCUT2D eigenvalue weighted by Crippen LogP contribution is 2.53. The molecule has 1 spiro atoms. The van der Waals surface area contributed by atoms with Crippen molar-refractivity contribution in [2.45, 2.75) is 44.3 Å². The predicted octanol–water partition coefficient (Wildman–Crippen LogP) is 2.45. The van der Waals surface area contributed by atoms with Gasteiger partial charge in [0.15, 0.2) is 0 Å². The second-order valence-corrected chi connectivity index (χ2v) is 8.56. The summed E-state index contributed by atoms with van der Waals surface area (Å²) in [6.07, 6.45) is 1.26. The summed E-state index contributed by atoms with van der Waals surface area (Å²) in [6.45, 7) is 3.86. The van der Waals surface area contributed by atoms with Crippen molar-refractivity contribution in [2.75, 3.05) is 5.32 Å². The number of carbonyl (C=O) groups excluding carboxylic acids is 3. The molecule has 0 unspecified atom stereocenters. The second-order valence-electron chi connectivity index (χ2n) is 8.56. The third-order valence-electron chi connectivity index (χ3n) is 6.99. The van der Waals surface area contributed by atoms with Crippen LogP contribution >= 0.6 is 0 Å². The minimum atomic E-state index is -1.21. The highest BCUT2D eigenvalue weighted by atomic mass is 16.2. The smallest absolute Gasteiger partial charge is 0.250 e. The van der Waals surface area contributed by atoms with Crippen LogP contribution in [-0.2, 0) is 26.3 Å². The zero-order chi connectivity index (χ0) is 21.0. The Hall–Kier alpha value is -2.99. The normalized spacial score (nSPS) is 30.5. The zero-order valence-corrected chi connectivity index (χ0v) is 17.1. The van der Waals surface area contributed by atoms with E-state index in [4.69, 9.17) is 0 Å². The molecule has 0 bridgehead atoms. The molecule has 3 aliphatic rings. The molecule has 154 valence electrons. The Morgan fingerprint density at radius 3 is 2.43 bits per heavy atom. The van der Waals surface area contributed by atoms with E-state index in [9.17, 15) is 14.4 Å². The van der Waals surface area contributed by atoms with Crippen LogP contribution in [0.25, 0.3) is 0 Å². The summed E-state index contributed by atoms with van der Waals surface area (Å²) in [5.41, 5.74) is 1.32. The molecule has 2 N–H and O–H groups in total. The number of hydrogen-bond donors (Lipinski definition) is 2. The number of amides is 3. The van der Waals surface area contributed by atoms with Crippen molar-refractivity contribution in [3.63, 3.8) is 0 Å². The maximum Gasteiger partial charge on any atom is 0.250 e. The van der Waals surface area contributed by atoms with Gasteiger partial charge >= 0.3 is 0 Å². The molecule has 5 rings (SSSR count). The van der Waals surface area contributed by atoms with E-state index in [1.165, 1.54) is 4.90 Å². The molecule has 0 radical (unpaired) electrons. The monoisotopic (exact) mass is 403 g/mol. The molecule has 0 aliphatic carbocycles. The maximum atomic E-state index is 13.6. The highest BCUT2D eigenvalue weighted by Gasteiger charge is 2.70. The third kappa shape index (κ3) is 2.43. The van der Waals surface area contributed by atoms with E-state index in [1.807, 2.05) is 68.4 Å². The number of hydrogen-bond acceptors (Lipinski definition) is 4. The Kier molecular flexibility index (Phi) is 4.29.